The lowest BCUT2D eigenvalue weighted by atomic mass is 10.1. The van der Waals surface area contributed by atoms with Gasteiger partial charge in [0.2, 0.25) is 0 Å². The number of benzene rings is 2. The summed E-state index contributed by atoms with van der Waals surface area (Å²) in [5, 5.41) is 2.87. The number of piperazine rings is 1. The van der Waals surface area contributed by atoms with E-state index in [1.54, 1.807) is 12.1 Å². The number of fused-ring (bicyclic) bond motifs is 1. The van der Waals surface area contributed by atoms with E-state index in [0.29, 0.717) is 55.1 Å². The van der Waals surface area contributed by atoms with Gasteiger partial charge in [0.25, 0.3) is 5.91 Å². The number of nitrogens with zero attached hydrogens (tertiary/aromatic N) is 2. The maximum absolute atomic E-state index is 14.1. The molecule has 32 heavy (non-hydrogen) atoms. The lowest BCUT2D eigenvalue weighted by Crippen LogP contribution is -2.53. The number of rotatable bonds is 6. The van der Waals surface area contributed by atoms with Gasteiger partial charge >= 0.3 is 5.76 Å². The normalized spacial score (nSPS) is 17.0. The zero-order valence-electron chi connectivity index (χ0n) is 17.8. The van der Waals surface area contributed by atoms with E-state index in [9.17, 15) is 18.4 Å². The van der Waals surface area contributed by atoms with Gasteiger partial charge in [0.15, 0.2) is 23.0 Å². The highest BCUT2D eigenvalue weighted by Crippen LogP contribution is 2.29. The zero-order chi connectivity index (χ0) is 22.8. The molecular formula is C22H24F2N4O4. The van der Waals surface area contributed by atoms with E-state index in [-0.39, 0.29) is 17.7 Å². The number of carbonyl (C=O) groups is 1. The van der Waals surface area contributed by atoms with Crippen molar-refractivity contribution in [2.75, 3.05) is 44.7 Å². The van der Waals surface area contributed by atoms with Gasteiger partial charge in [0, 0.05) is 62.1 Å². The molecule has 3 aromatic rings. The summed E-state index contributed by atoms with van der Waals surface area (Å²) in [5.41, 5.74) is 1.75. The molecule has 0 spiro atoms. The first-order valence-corrected chi connectivity index (χ1v) is 10.3. The molecule has 2 N–H and O–H groups in total. The van der Waals surface area contributed by atoms with E-state index in [4.69, 9.17) is 9.15 Å². The van der Waals surface area contributed by atoms with Gasteiger partial charge in [-0.1, -0.05) is 0 Å². The fourth-order valence-electron chi connectivity index (χ4n) is 4.04. The van der Waals surface area contributed by atoms with Crippen LogP contribution in [0.15, 0.2) is 39.5 Å². The van der Waals surface area contributed by atoms with Crippen LogP contribution in [-0.4, -0.2) is 61.7 Å². The maximum Gasteiger partial charge on any atom is 0.417 e. The van der Waals surface area contributed by atoms with E-state index in [2.05, 4.69) is 15.2 Å². The first-order valence-electron chi connectivity index (χ1n) is 10.3. The summed E-state index contributed by atoms with van der Waals surface area (Å²) in [7, 11) is 1.23. The van der Waals surface area contributed by atoms with Gasteiger partial charge in [-0.3, -0.25) is 14.7 Å². The Morgan fingerprint density at radius 1 is 1.25 bits per heavy atom. The summed E-state index contributed by atoms with van der Waals surface area (Å²) in [6.45, 7) is 5.04. The van der Waals surface area contributed by atoms with E-state index in [1.807, 2.05) is 11.8 Å². The molecule has 1 amide bonds. The van der Waals surface area contributed by atoms with Crippen LogP contribution < -0.4 is 20.7 Å². The van der Waals surface area contributed by atoms with Crippen molar-refractivity contribution < 1.29 is 22.7 Å². The SMILES string of the molecule is COc1c(F)cc(N2CCN(CCNC(=O)c3ccc4[nH]c(=O)oc4c3)C[C@H]2C)cc1F. The fraction of sp³-hybridized carbons (Fsp3) is 0.364. The van der Waals surface area contributed by atoms with Gasteiger partial charge in [0.05, 0.1) is 12.6 Å². The number of anilines is 1. The summed E-state index contributed by atoms with van der Waals surface area (Å²) in [5.74, 6) is -2.65. The average molecular weight is 446 g/mol. The molecule has 2 heterocycles. The fourth-order valence-corrected chi connectivity index (χ4v) is 4.04. The number of aromatic amines is 1. The molecular weight excluding hydrogens is 422 g/mol. The van der Waals surface area contributed by atoms with Crippen LogP contribution in [0.1, 0.15) is 17.3 Å². The third kappa shape index (κ3) is 4.45. The molecule has 1 atom stereocenters. The number of ether oxygens (including phenoxy) is 1. The van der Waals surface area contributed by atoms with Crippen LogP contribution in [0.3, 0.4) is 0 Å². The number of halogens is 2. The molecule has 4 rings (SSSR count). The molecule has 10 heteroatoms. The third-order valence-electron chi connectivity index (χ3n) is 5.63. The quantitative estimate of drug-likeness (QED) is 0.604. The Hall–Kier alpha value is -3.40. The van der Waals surface area contributed by atoms with Crippen LogP contribution in [0.5, 0.6) is 5.75 Å². The standard InChI is InChI=1S/C22H24F2N4O4/c1-13-12-27(7-8-28(13)15-10-16(23)20(31-2)17(24)11-15)6-5-25-21(29)14-3-4-18-19(9-14)32-22(30)26-18/h3-4,9-11,13H,5-8,12H2,1-2H3,(H,25,29)(H,26,30)/t13-/m1/s1. The number of hydrogen-bond donors (Lipinski definition) is 2. The highest BCUT2D eigenvalue weighted by molar-refractivity contribution is 5.96. The minimum Gasteiger partial charge on any atom is -0.491 e. The van der Waals surface area contributed by atoms with Crippen molar-refractivity contribution in [2.24, 2.45) is 0 Å². The molecule has 0 aliphatic carbocycles. The minimum absolute atomic E-state index is 0.0329. The first-order chi connectivity index (χ1) is 15.4. The number of hydrogen-bond acceptors (Lipinski definition) is 6. The lowest BCUT2D eigenvalue weighted by molar-refractivity contribution is 0.0947. The van der Waals surface area contributed by atoms with E-state index in [1.165, 1.54) is 25.3 Å². The van der Waals surface area contributed by atoms with Crippen molar-refractivity contribution in [1.82, 2.24) is 15.2 Å². The van der Waals surface area contributed by atoms with Gasteiger partial charge in [-0.2, -0.15) is 0 Å². The van der Waals surface area contributed by atoms with Crippen LogP contribution in [0, 0.1) is 11.6 Å². The molecule has 0 saturated carbocycles. The summed E-state index contributed by atoms with van der Waals surface area (Å²) < 4.78 is 37.9. The topological polar surface area (TPSA) is 90.8 Å². The smallest absolute Gasteiger partial charge is 0.417 e. The molecule has 0 bridgehead atoms. The number of carbonyl (C=O) groups excluding carboxylic acids is 1. The Morgan fingerprint density at radius 2 is 2.00 bits per heavy atom. The Balaban J connectivity index is 1.30. The van der Waals surface area contributed by atoms with Crippen LogP contribution in [0.25, 0.3) is 11.1 Å². The lowest BCUT2D eigenvalue weighted by Gasteiger charge is -2.41. The van der Waals surface area contributed by atoms with Crippen molar-refractivity contribution in [3.63, 3.8) is 0 Å². The summed E-state index contributed by atoms with van der Waals surface area (Å²) in [6.07, 6.45) is 0. The average Bonchev–Trinajstić information content (AvgIpc) is 3.12. The van der Waals surface area contributed by atoms with Crippen LogP contribution in [-0.2, 0) is 0 Å². The van der Waals surface area contributed by atoms with Gasteiger partial charge in [0.1, 0.15) is 0 Å². The molecule has 0 radical (unpaired) electrons. The maximum atomic E-state index is 14.1. The molecule has 0 unspecified atom stereocenters. The molecule has 1 saturated heterocycles. The molecule has 1 aliphatic heterocycles. The number of oxazole rings is 1. The Bertz CT molecular complexity index is 1170. The van der Waals surface area contributed by atoms with E-state index < -0.39 is 17.4 Å². The van der Waals surface area contributed by atoms with Gasteiger partial charge in [-0.05, 0) is 25.1 Å². The van der Waals surface area contributed by atoms with Crippen molar-refractivity contribution >= 4 is 22.7 Å². The monoisotopic (exact) mass is 446 g/mol. The second-order valence-electron chi connectivity index (χ2n) is 7.77. The molecule has 170 valence electrons. The van der Waals surface area contributed by atoms with Gasteiger partial charge < -0.3 is 19.4 Å². The van der Waals surface area contributed by atoms with Crippen molar-refractivity contribution in [3.8, 4) is 5.75 Å². The number of H-pyrrole nitrogens is 1. The van der Waals surface area contributed by atoms with Crippen LogP contribution in [0.4, 0.5) is 14.5 Å². The second-order valence-corrected chi connectivity index (χ2v) is 7.77. The summed E-state index contributed by atoms with van der Waals surface area (Å²) in [6, 6.07) is 7.38. The molecule has 1 aliphatic rings. The van der Waals surface area contributed by atoms with Crippen LogP contribution >= 0.6 is 0 Å². The largest absolute Gasteiger partial charge is 0.491 e. The Morgan fingerprint density at radius 3 is 2.69 bits per heavy atom. The Labute approximate surface area is 182 Å². The number of aromatic nitrogens is 1. The summed E-state index contributed by atoms with van der Waals surface area (Å²) in [4.78, 5) is 30.3. The Kier molecular flexibility index (Phi) is 6.13. The molecule has 1 fully saturated rings. The number of nitrogens with one attached hydrogen (secondary N) is 2. The number of amides is 1. The minimum atomic E-state index is -0.725. The van der Waals surface area contributed by atoms with E-state index >= 15 is 0 Å². The summed E-state index contributed by atoms with van der Waals surface area (Å²) >= 11 is 0. The highest BCUT2D eigenvalue weighted by Gasteiger charge is 2.25. The predicted octanol–water partition coefficient (Wildman–Crippen LogP) is 2.35. The second kappa shape index (κ2) is 8.99. The van der Waals surface area contributed by atoms with Gasteiger partial charge in [-0.25, -0.2) is 13.6 Å². The predicted molar refractivity (Wildman–Crippen MR) is 115 cm³/mol. The molecule has 8 nitrogen and oxygen atoms in total. The van der Waals surface area contributed by atoms with Crippen molar-refractivity contribution in [2.45, 2.75) is 13.0 Å². The third-order valence-corrected chi connectivity index (χ3v) is 5.63. The molecule has 2 aromatic carbocycles. The number of methoxy groups -OCH3 is 1. The van der Waals surface area contributed by atoms with Crippen molar-refractivity contribution in [3.05, 3.63) is 58.1 Å². The van der Waals surface area contributed by atoms with Crippen molar-refractivity contribution in [1.29, 1.82) is 0 Å². The molecule has 1 aromatic heterocycles. The van der Waals surface area contributed by atoms with E-state index in [0.717, 1.165) is 0 Å². The first kappa shape index (κ1) is 21.8. The van der Waals surface area contributed by atoms with Crippen LogP contribution in [0.2, 0.25) is 0 Å². The highest BCUT2D eigenvalue weighted by atomic mass is 19.1. The van der Waals surface area contributed by atoms with Gasteiger partial charge in [-0.15, -0.1) is 0 Å². The zero-order valence-corrected chi connectivity index (χ0v) is 17.8.